The van der Waals surface area contributed by atoms with E-state index in [4.69, 9.17) is 0 Å². The first-order valence-corrected chi connectivity index (χ1v) is 8.04. The Kier molecular flexibility index (Phi) is 2.71. The van der Waals surface area contributed by atoms with Crippen LogP contribution in [-0.4, -0.2) is 0 Å². The monoisotopic (exact) mass is 240 g/mol. The van der Waals surface area contributed by atoms with Crippen LogP contribution in [0.5, 0.6) is 0 Å². The lowest BCUT2D eigenvalue weighted by Gasteiger charge is -2.39. The molecule has 4 rings (SSSR count). The van der Waals surface area contributed by atoms with Crippen LogP contribution in [0.2, 0.25) is 0 Å². The van der Waals surface area contributed by atoms with Crippen LogP contribution >= 0.6 is 0 Å². The highest BCUT2D eigenvalue weighted by Gasteiger charge is 2.45. The van der Waals surface area contributed by atoms with E-state index in [-0.39, 0.29) is 0 Å². The van der Waals surface area contributed by atoms with Gasteiger partial charge in [0.2, 0.25) is 0 Å². The molecule has 0 nitrogen and oxygen atoms in total. The third-order valence-corrected chi connectivity index (χ3v) is 5.95. The van der Waals surface area contributed by atoms with Gasteiger partial charge in [0.05, 0.1) is 0 Å². The summed E-state index contributed by atoms with van der Waals surface area (Å²) in [4.78, 5) is 0. The first-order valence-electron chi connectivity index (χ1n) is 8.04. The third-order valence-electron chi connectivity index (χ3n) is 5.95. The van der Waals surface area contributed by atoms with Crippen LogP contribution in [0.3, 0.4) is 0 Å². The Balaban J connectivity index is 1.78. The zero-order valence-electron chi connectivity index (χ0n) is 11.3. The van der Waals surface area contributed by atoms with E-state index in [0.29, 0.717) is 0 Å². The summed E-state index contributed by atoms with van der Waals surface area (Å²) in [6, 6.07) is 9.41. The maximum atomic E-state index is 2.44. The van der Waals surface area contributed by atoms with Gasteiger partial charge in [0.15, 0.2) is 0 Å². The second-order valence-corrected chi connectivity index (χ2v) is 6.75. The molecule has 4 atom stereocenters. The SMILES string of the molecule is c1ccc2c(c1)C1CCCCCC3CCCC2C31. The van der Waals surface area contributed by atoms with E-state index in [0.717, 1.165) is 23.7 Å². The van der Waals surface area contributed by atoms with Gasteiger partial charge >= 0.3 is 0 Å². The lowest BCUT2D eigenvalue weighted by atomic mass is 9.66. The smallest absolute Gasteiger partial charge is 0.0122 e. The molecule has 0 bridgehead atoms. The maximum Gasteiger partial charge on any atom is -0.0122 e. The van der Waals surface area contributed by atoms with Crippen molar-refractivity contribution in [3.8, 4) is 0 Å². The van der Waals surface area contributed by atoms with Crippen LogP contribution in [0, 0.1) is 11.8 Å². The topological polar surface area (TPSA) is 0 Å². The summed E-state index contributed by atoms with van der Waals surface area (Å²) in [7, 11) is 0. The molecular weight excluding hydrogens is 216 g/mol. The average molecular weight is 240 g/mol. The largest absolute Gasteiger partial charge is 0.0620 e. The molecule has 3 aliphatic carbocycles. The molecule has 2 fully saturated rings. The molecule has 4 unspecified atom stereocenters. The van der Waals surface area contributed by atoms with Crippen molar-refractivity contribution in [2.75, 3.05) is 0 Å². The summed E-state index contributed by atoms with van der Waals surface area (Å²) < 4.78 is 0. The lowest BCUT2D eigenvalue weighted by Crippen LogP contribution is -2.28. The van der Waals surface area contributed by atoms with Crippen LogP contribution in [0.4, 0.5) is 0 Å². The van der Waals surface area contributed by atoms with E-state index in [2.05, 4.69) is 24.3 Å². The van der Waals surface area contributed by atoms with Gasteiger partial charge in [-0.05, 0) is 47.6 Å². The van der Waals surface area contributed by atoms with E-state index in [1.165, 1.54) is 51.4 Å². The van der Waals surface area contributed by atoms with Crippen molar-refractivity contribution in [1.82, 2.24) is 0 Å². The number of hydrogen-bond acceptors (Lipinski definition) is 0. The molecule has 18 heavy (non-hydrogen) atoms. The van der Waals surface area contributed by atoms with E-state index >= 15 is 0 Å². The van der Waals surface area contributed by atoms with Gasteiger partial charge in [0.25, 0.3) is 0 Å². The van der Waals surface area contributed by atoms with Gasteiger partial charge in [-0.3, -0.25) is 0 Å². The predicted molar refractivity (Wildman–Crippen MR) is 75.8 cm³/mol. The highest BCUT2D eigenvalue weighted by atomic mass is 14.5. The molecule has 2 saturated carbocycles. The van der Waals surface area contributed by atoms with Crippen molar-refractivity contribution in [1.29, 1.82) is 0 Å². The van der Waals surface area contributed by atoms with Gasteiger partial charge in [-0.2, -0.15) is 0 Å². The van der Waals surface area contributed by atoms with E-state index in [1.54, 1.807) is 11.1 Å². The average Bonchev–Trinajstić information content (AvgIpc) is 2.70. The van der Waals surface area contributed by atoms with Gasteiger partial charge in [-0.25, -0.2) is 0 Å². The van der Waals surface area contributed by atoms with E-state index < -0.39 is 0 Å². The van der Waals surface area contributed by atoms with Crippen molar-refractivity contribution >= 4 is 0 Å². The molecule has 0 aliphatic heterocycles. The summed E-state index contributed by atoms with van der Waals surface area (Å²) in [6.45, 7) is 0. The van der Waals surface area contributed by atoms with E-state index in [9.17, 15) is 0 Å². The molecule has 0 saturated heterocycles. The van der Waals surface area contributed by atoms with Crippen LogP contribution in [-0.2, 0) is 0 Å². The lowest BCUT2D eigenvalue weighted by molar-refractivity contribution is 0.158. The molecule has 1 aromatic rings. The fourth-order valence-corrected chi connectivity index (χ4v) is 5.31. The molecule has 0 heterocycles. The summed E-state index contributed by atoms with van der Waals surface area (Å²) in [5, 5.41) is 0. The Morgan fingerprint density at radius 3 is 2.06 bits per heavy atom. The number of benzene rings is 1. The molecule has 0 spiro atoms. The Labute approximate surface area is 111 Å². The van der Waals surface area contributed by atoms with Crippen LogP contribution in [0.15, 0.2) is 24.3 Å². The number of hydrogen-bond donors (Lipinski definition) is 0. The second-order valence-electron chi connectivity index (χ2n) is 6.75. The standard InChI is InChI=1S/C18H24/c1-2-7-13-8-6-12-17-15-10-5-4-9-14(15)16(11-3-1)18(13)17/h4-5,9-10,13,16-18H,1-3,6-8,11-12H2. The number of fused-ring (bicyclic) bond motifs is 3. The summed E-state index contributed by atoms with van der Waals surface area (Å²) in [5.74, 6) is 3.89. The van der Waals surface area contributed by atoms with Crippen LogP contribution < -0.4 is 0 Å². The van der Waals surface area contributed by atoms with Crippen molar-refractivity contribution in [3.63, 3.8) is 0 Å². The molecular formula is C18H24. The Morgan fingerprint density at radius 2 is 1.28 bits per heavy atom. The molecule has 3 aliphatic rings. The Bertz CT molecular complexity index is 433. The zero-order valence-corrected chi connectivity index (χ0v) is 11.3. The Morgan fingerprint density at radius 1 is 0.667 bits per heavy atom. The molecule has 0 amide bonds. The van der Waals surface area contributed by atoms with Gasteiger partial charge in [0, 0.05) is 0 Å². The molecule has 96 valence electrons. The number of rotatable bonds is 0. The highest BCUT2D eigenvalue weighted by molar-refractivity contribution is 5.41. The van der Waals surface area contributed by atoms with Gasteiger partial charge in [-0.15, -0.1) is 0 Å². The quantitative estimate of drug-likeness (QED) is 0.581. The fraction of sp³-hybridized carbons (Fsp3) is 0.667. The Hall–Kier alpha value is -0.780. The summed E-state index contributed by atoms with van der Waals surface area (Å²) in [6.07, 6.45) is 11.9. The van der Waals surface area contributed by atoms with Crippen molar-refractivity contribution in [3.05, 3.63) is 35.4 Å². The zero-order chi connectivity index (χ0) is 11.9. The van der Waals surface area contributed by atoms with E-state index in [1.807, 2.05) is 0 Å². The van der Waals surface area contributed by atoms with Gasteiger partial charge < -0.3 is 0 Å². The maximum absolute atomic E-state index is 2.44. The minimum absolute atomic E-state index is 0.914. The third kappa shape index (κ3) is 1.57. The first-order chi connectivity index (χ1) is 8.95. The normalized spacial score (nSPS) is 38.4. The molecule has 0 aromatic heterocycles. The van der Waals surface area contributed by atoms with Gasteiger partial charge in [-0.1, -0.05) is 62.8 Å². The molecule has 1 aromatic carbocycles. The minimum atomic E-state index is 0.914. The summed E-state index contributed by atoms with van der Waals surface area (Å²) >= 11 is 0. The molecule has 0 heteroatoms. The van der Waals surface area contributed by atoms with Crippen LogP contribution in [0.1, 0.15) is 74.3 Å². The highest BCUT2D eigenvalue weighted by Crippen LogP contribution is 2.58. The molecule has 0 N–H and O–H groups in total. The minimum Gasteiger partial charge on any atom is -0.0620 e. The van der Waals surface area contributed by atoms with Crippen LogP contribution in [0.25, 0.3) is 0 Å². The van der Waals surface area contributed by atoms with Crippen molar-refractivity contribution < 1.29 is 0 Å². The fourth-order valence-electron chi connectivity index (χ4n) is 5.31. The molecule has 0 radical (unpaired) electrons. The van der Waals surface area contributed by atoms with Crippen molar-refractivity contribution in [2.24, 2.45) is 11.8 Å². The summed E-state index contributed by atoms with van der Waals surface area (Å²) in [5.41, 5.74) is 3.47. The first kappa shape index (κ1) is 11.1. The van der Waals surface area contributed by atoms with Gasteiger partial charge in [0.1, 0.15) is 0 Å². The van der Waals surface area contributed by atoms with Crippen molar-refractivity contribution in [2.45, 2.75) is 63.2 Å². The second kappa shape index (κ2) is 4.40. The predicted octanol–water partition coefficient (Wildman–Crippen LogP) is 5.25.